The van der Waals surface area contributed by atoms with Gasteiger partial charge in [-0.25, -0.2) is 4.84 Å². The number of carbonyl (C=O) groups is 1. The van der Waals surface area contributed by atoms with Crippen molar-refractivity contribution in [1.29, 1.82) is 0 Å². The Labute approximate surface area is 99.5 Å². The van der Waals surface area contributed by atoms with Crippen LogP contribution in [0.4, 0.5) is 0 Å². The lowest BCUT2D eigenvalue weighted by molar-refractivity contribution is -0.378. The van der Waals surface area contributed by atoms with E-state index in [0.29, 0.717) is 18.4 Å². The van der Waals surface area contributed by atoms with Crippen molar-refractivity contribution in [2.24, 2.45) is 5.41 Å². The van der Waals surface area contributed by atoms with Crippen LogP contribution in [0.15, 0.2) is 0 Å². The number of carbonyl (C=O) groups excluding carboxylic acids is 1. The number of aliphatic hydroxyl groups excluding tert-OH is 1. The number of nitrogens with one attached hydrogen (secondary N) is 1. The van der Waals surface area contributed by atoms with Crippen molar-refractivity contribution in [3.05, 3.63) is 0 Å². The quantitative estimate of drug-likeness (QED) is 0.254. The summed E-state index contributed by atoms with van der Waals surface area (Å²) >= 11 is 0. The number of hydrogen-bond acceptors (Lipinski definition) is 8. The Morgan fingerprint density at radius 3 is 2.59 bits per heavy atom. The number of β-amino-alcohol motifs (C(OH)–C–C–N with tert-alkyl or cyclic N) is 1. The lowest BCUT2D eigenvalue weighted by atomic mass is 9.98. The maximum Gasteiger partial charge on any atom is 0.313 e. The molecule has 1 fully saturated rings. The van der Waals surface area contributed by atoms with Crippen LogP contribution in [0.2, 0.25) is 0 Å². The molecule has 1 heterocycles. The fourth-order valence-electron chi connectivity index (χ4n) is 1.03. The van der Waals surface area contributed by atoms with Crippen molar-refractivity contribution in [2.75, 3.05) is 19.9 Å². The fraction of sp³-hybridized carbons (Fsp3) is 0.889. The van der Waals surface area contributed by atoms with Crippen LogP contribution in [-0.2, 0) is 14.4 Å². The molecule has 0 atom stereocenters. The minimum atomic E-state index is -0.593. The van der Waals surface area contributed by atoms with E-state index in [-0.39, 0.29) is 6.79 Å². The molecule has 1 rings (SSSR count). The van der Waals surface area contributed by atoms with Gasteiger partial charge in [-0.05, 0) is 26.1 Å². The monoisotopic (exact) mass is 249 g/mol. The highest BCUT2D eigenvalue weighted by atomic mass is 16.8. The SMILES string of the molecule is CC(C)(C)C(=O)OCONN(O)N1CC(O)C1. The Morgan fingerprint density at radius 1 is 1.53 bits per heavy atom. The molecule has 0 unspecified atom stereocenters. The molecule has 0 aromatic rings. The van der Waals surface area contributed by atoms with Crippen LogP contribution in [0.5, 0.6) is 0 Å². The summed E-state index contributed by atoms with van der Waals surface area (Å²) < 4.78 is 4.78. The number of hydrogen-bond donors (Lipinski definition) is 3. The fourth-order valence-corrected chi connectivity index (χ4v) is 1.03. The van der Waals surface area contributed by atoms with Gasteiger partial charge in [0.2, 0.25) is 6.79 Å². The molecule has 1 aliphatic rings. The molecule has 3 N–H and O–H groups in total. The predicted molar refractivity (Wildman–Crippen MR) is 55.8 cm³/mol. The van der Waals surface area contributed by atoms with Gasteiger partial charge >= 0.3 is 5.97 Å². The van der Waals surface area contributed by atoms with E-state index in [2.05, 4.69) is 5.59 Å². The maximum absolute atomic E-state index is 11.3. The van der Waals surface area contributed by atoms with E-state index in [1.165, 1.54) is 5.01 Å². The van der Waals surface area contributed by atoms with Crippen LogP contribution in [0.25, 0.3) is 0 Å². The topological polar surface area (TPSA) is 94.5 Å². The normalized spacial score (nSPS) is 18.2. The van der Waals surface area contributed by atoms with Gasteiger partial charge in [0.15, 0.2) is 0 Å². The third-order valence-electron chi connectivity index (χ3n) is 2.12. The molecule has 0 radical (unpaired) electrons. The van der Waals surface area contributed by atoms with Crippen LogP contribution in [-0.4, -0.2) is 52.6 Å². The molecule has 0 amide bonds. The number of nitrogens with zero attached hydrogens (tertiary/aromatic N) is 2. The third kappa shape index (κ3) is 4.54. The van der Waals surface area contributed by atoms with Gasteiger partial charge in [-0.15, -0.1) is 0 Å². The summed E-state index contributed by atoms with van der Waals surface area (Å²) in [4.78, 5) is 16.0. The molecule has 0 bridgehead atoms. The zero-order chi connectivity index (χ0) is 13.1. The van der Waals surface area contributed by atoms with Gasteiger partial charge in [0, 0.05) is 13.1 Å². The second kappa shape index (κ2) is 5.71. The van der Waals surface area contributed by atoms with E-state index in [9.17, 15) is 10.0 Å². The average molecular weight is 249 g/mol. The van der Waals surface area contributed by atoms with Gasteiger partial charge in [0.25, 0.3) is 0 Å². The van der Waals surface area contributed by atoms with E-state index in [1.54, 1.807) is 20.8 Å². The highest BCUT2D eigenvalue weighted by molar-refractivity contribution is 5.75. The number of ether oxygens (including phenoxy) is 1. The minimum absolute atomic E-state index is 0.314. The summed E-state index contributed by atoms with van der Waals surface area (Å²) in [6.07, 6.45) is -0.440. The first-order valence-electron chi connectivity index (χ1n) is 5.27. The molecule has 1 saturated heterocycles. The maximum atomic E-state index is 11.3. The predicted octanol–water partition coefficient (Wildman–Crippen LogP) is -0.748. The summed E-state index contributed by atoms with van der Waals surface area (Å²) in [7, 11) is 0. The smallest absolute Gasteiger partial charge is 0.313 e. The first-order valence-corrected chi connectivity index (χ1v) is 5.27. The number of esters is 1. The lowest BCUT2D eigenvalue weighted by Crippen LogP contribution is -2.61. The average Bonchev–Trinajstić information content (AvgIpc) is 2.17. The molecule has 0 aromatic heterocycles. The summed E-state index contributed by atoms with van der Waals surface area (Å²) in [5.41, 5.74) is 1.54. The van der Waals surface area contributed by atoms with Crippen LogP contribution >= 0.6 is 0 Å². The molecule has 100 valence electrons. The first-order chi connectivity index (χ1) is 7.80. The second-order valence-corrected chi connectivity index (χ2v) is 4.85. The summed E-state index contributed by atoms with van der Waals surface area (Å²) in [5, 5.41) is 20.3. The molecule has 0 aliphatic carbocycles. The van der Waals surface area contributed by atoms with Crippen molar-refractivity contribution in [3.63, 3.8) is 0 Å². The van der Waals surface area contributed by atoms with Gasteiger partial charge in [-0.3, -0.25) is 10.0 Å². The van der Waals surface area contributed by atoms with Gasteiger partial charge in [-0.1, -0.05) is 5.59 Å². The van der Waals surface area contributed by atoms with Crippen LogP contribution in [0.3, 0.4) is 0 Å². The van der Waals surface area contributed by atoms with E-state index in [0.717, 1.165) is 0 Å². The molecule has 0 aromatic carbocycles. The lowest BCUT2D eigenvalue weighted by Gasteiger charge is -2.39. The van der Waals surface area contributed by atoms with Crippen molar-refractivity contribution in [1.82, 2.24) is 15.9 Å². The highest BCUT2D eigenvalue weighted by Crippen LogP contribution is 2.14. The Morgan fingerprint density at radius 2 is 2.12 bits per heavy atom. The molecular weight excluding hydrogens is 230 g/mol. The summed E-state index contributed by atoms with van der Waals surface area (Å²) in [5.74, 6) is -0.400. The zero-order valence-corrected chi connectivity index (χ0v) is 10.2. The molecule has 8 heteroatoms. The van der Waals surface area contributed by atoms with E-state index in [1.807, 2.05) is 0 Å². The molecule has 1 aliphatic heterocycles. The molecule has 0 spiro atoms. The van der Waals surface area contributed by atoms with Gasteiger partial charge in [-0.2, -0.15) is 5.01 Å². The number of hydrazine groups is 2. The molecule has 8 nitrogen and oxygen atoms in total. The Kier molecular flexibility index (Phi) is 4.80. The van der Waals surface area contributed by atoms with Crippen LogP contribution in [0.1, 0.15) is 20.8 Å². The van der Waals surface area contributed by atoms with Crippen molar-refractivity contribution in [3.8, 4) is 0 Å². The van der Waals surface area contributed by atoms with Crippen LogP contribution in [0, 0.1) is 5.41 Å². The largest absolute Gasteiger partial charge is 0.436 e. The number of aliphatic hydroxyl groups is 1. The summed E-state index contributed by atoms with van der Waals surface area (Å²) in [6.45, 7) is 5.49. The Balaban J connectivity index is 2.06. The molecule has 0 saturated carbocycles. The Hall–Kier alpha value is -0.770. The summed E-state index contributed by atoms with van der Waals surface area (Å²) in [6, 6.07) is 0. The third-order valence-corrected chi connectivity index (χ3v) is 2.12. The molecular formula is C9H19N3O5. The van der Waals surface area contributed by atoms with E-state index in [4.69, 9.17) is 14.7 Å². The van der Waals surface area contributed by atoms with Gasteiger partial charge < -0.3 is 9.84 Å². The van der Waals surface area contributed by atoms with Crippen molar-refractivity contribution < 1.29 is 24.7 Å². The second-order valence-electron chi connectivity index (χ2n) is 4.85. The highest BCUT2D eigenvalue weighted by Gasteiger charge is 2.29. The Bertz CT molecular complexity index is 262. The van der Waals surface area contributed by atoms with Crippen molar-refractivity contribution >= 4 is 5.97 Å². The number of rotatable bonds is 5. The van der Waals surface area contributed by atoms with Crippen LogP contribution < -0.4 is 5.59 Å². The van der Waals surface area contributed by atoms with Crippen molar-refractivity contribution in [2.45, 2.75) is 26.9 Å². The van der Waals surface area contributed by atoms with Gasteiger partial charge in [0.1, 0.15) is 0 Å². The van der Waals surface area contributed by atoms with E-state index < -0.39 is 17.5 Å². The first kappa shape index (κ1) is 14.3. The van der Waals surface area contributed by atoms with E-state index >= 15 is 0 Å². The van der Waals surface area contributed by atoms with Gasteiger partial charge in [0.05, 0.1) is 11.5 Å². The zero-order valence-electron chi connectivity index (χ0n) is 10.2. The standard InChI is InChI=1S/C9H19N3O5/c1-9(2,3)8(14)16-6-17-10-12(15)11-4-7(13)5-11/h7,10,13,15H,4-6H2,1-3H3. The molecule has 17 heavy (non-hydrogen) atoms. The minimum Gasteiger partial charge on any atom is -0.436 e.